The quantitative estimate of drug-likeness (QED) is 0.516. The summed E-state index contributed by atoms with van der Waals surface area (Å²) in [6.45, 7) is 4.20. The van der Waals surface area contributed by atoms with Crippen LogP contribution in [-0.2, 0) is 0 Å². The van der Waals surface area contributed by atoms with Gasteiger partial charge in [-0.3, -0.25) is 4.98 Å². The van der Waals surface area contributed by atoms with Crippen LogP contribution in [-0.4, -0.2) is 9.97 Å². The molecule has 0 saturated carbocycles. The Hall–Kier alpha value is -2.86. The molecule has 0 fully saturated rings. The summed E-state index contributed by atoms with van der Waals surface area (Å²) in [5.41, 5.74) is 6.19. The molecule has 0 amide bonds. The molecule has 21 heavy (non-hydrogen) atoms. The maximum Gasteiger partial charge on any atom is 0.0999 e. The highest BCUT2D eigenvalue weighted by Gasteiger charge is 2.12. The predicted octanol–water partition coefficient (Wildman–Crippen LogP) is 4.36. The lowest BCUT2D eigenvalue weighted by molar-refractivity contribution is 1.34. The number of aromatic nitrogens is 2. The number of fused-ring (bicyclic) bond motifs is 5. The molecule has 0 spiro atoms. The van der Waals surface area contributed by atoms with Gasteiger partial charge in [-0.15, -0.1) is 0 Å². The minimum Gasteiger partial charge on any atom is -0.354 e. The number of hydrogen-bond acceptors (Lipinski definition) is 2. The number of benzene rings is 2. The van der Waals surface area contributed by atoms with Crippen molar-refractivity contribution >= 4 is 32.7 Å². The van der Waals surface area contributed by atoms with Gasteiger partial charge in [-0.25, -0.2) is 0 Å². The SMILES string of the molecule is Cc1cc2ncc3c([nH]c4cccc(C#N)c43)c2cc1C. The van der Waals surface area contributed by atoms with Crippen molar-refractivity contribution in [3.63, 3.8) is 0 Å². The molecule has 0 aliphatic heterocycles. The van der Waals surface area contributed by atoms with Crippen LogP contribution in [0.25, 0.3) is 32.7 Å². The van der Waals surface area contributed by atoms with Crippen molar-refractivity contribution in [3.8, 4) is 6.07 Å². The highest BCUT2D eigenvalue weighted by molar-refractivity contribution is 6.17. The summed E-state index contributed by atoms with van der Waals surface area (Å²) in [6.07, 6.45) is 1.87. The Kier molecular flexibility index (Phi) is 2.31. The van der Waals surface area contributed by atoms with Gasteiger partial charge >= 0.3 is 0 Å². The third-order valence-electron chi connectivity index (χ3n) is 4.20. The van der Waals surface area contributed by atoms with Crippen molar-refractivity contribution in [1.29, 1.82) is 5.26 Å². The lowest BCUT2D eigenvalue weighted by atomic mass is 10.0. The van der Waals surface area contributed by atoms with Crippen LogP contribution in [0.2, 0.25) is 0 Å². The minimum absolute atomic E-state index is 0.684. The Morgan fingerprint density at radius 1 is 1.10 bits per heavy atom. The Balaban J connectivity index is 2.28. The summed E-state index contributed by atoms with van der Waals surface area (Å²) < 4.78 is 0. The number of nitrogens with one attached hydrogen (secondary N) is 1. The van der Waals surface area contributed by atoms with Crippen LogP contribution in [0.15, 0.2) is 36.5 Å². The first-order chi connectivity index (χ1) is 10.2. The highest BCUT2D eigenvalue weighted by Crippen LogP contribution is 2.32. The van der Waals surface area contributed by atoms with Gasteiger partial charge in [-0.2, -0.15) is 5.26 Å². The summed E-state index contributed by atoms with van der Waals surface area (Å²) in [6, 6.07) is 12.3. The number of rotatable bonds is 0. The van der Waals surface area contributed by atoms with Crippen molar-refractivity contribution in [2.75, 3.05) is 0 Å². The first-order valence-electron chi connectivity index (χ1n) is 6.89. The first kappa shape index (κ1) is 11.9. The number of aryl methyl sites for hydroxylation is 2. The zero-order valence-electron chi connectivity index (χ0n) is 11.9. The standard InChI is InChI=1S/C18H13N3/c1-10-6-13-16(7-11(10)2)20-9-14-17-12(8-19)4-3-5-15(17)21-18(13)14/h3-7,9,21H,1-2H3. The summed E-state index contributed by atoms with van der Waals surface area (Å²) in [5.74, 6) is 0. The molecule has 0 saturated heterocycles. The second kappa shape index (κ2) is 4.07. The molecule has 3 nitrogen and oxygen atoms in total. The maximum atomic E-state index is 9.32. The van der Waals surface area contributed by atoms with E-state index in [1.807, 2.05) is 24.4 Å². The number of aromatic amines is 1. The number of nitriles is 1. The van der Waals surface area contributed by atoms with E-state index in [2.05, 4.69) is 42.0 Å². The molecule has 2 aromatic heterocycles. The molecule has 1 N–H and O–H groups in total. The molecular formula is C18H13N3. The molecule has 0 atom stereocenters. The van der Waals surface area contributed by atoms with Gasteiger partial charge in [0.2, 0.25) is 0 Å². The Labute approximate surface area is 121 Å². The molecule has 0 radical (unpaired) electrons. The molecule has 2 heterocycles. The van der Waals surface area contributed by atoms with E-state index in [-0.39, 0.29) is 0 Å². The van der Waals surface area contributed by atoms with Crippen molar-refractivity contribution in [1.82, 2.24) is 9.97 Å². The van der Waals surface area contributed by atoms with E-state index >= 15 is 0 Å². The van der Waals surface area contributed by atoms with E-state index in [1.54, 1.807) is 0 Å². The largest absolute Gasteiger partial charge is 0.354 e. The Bertz CT molecular complexity index is 1060. The van der Waals surface area contributed by atoms with Crippen LogP contribution < -0.4 is 0 Å². The monoisotopic (exact) mass is 271 g/mol. The van der Waals surface area contributed by atoms with Crippen LogP contribution in [0.5, 0.6) is 0 Å². The fraction of sp³-hybridized carbons (Fsp3) is 0.111. The van der Waals surface area contributed by atoms with Crippen LogP contribution in [0, 0.1) is 25.2 Å². The van der Waals surface area contributed by atoms with Crippen molar-refractivity contribution in [2.45, 2.75) is 13.8 Å². The third-order valence-corrected chi connectivity index (χ3v) is 4.20. The minimum atomic E-state index is 0.684. The van der Waals surface area contributed by atoms with Crippen LogP contribution in [0.3, 0.4) is 0 Å². The normalized spacial score (nSPS) is 11.3. The molecule has 0 bridgehead atoms. The van der Waals surface area contributed by atoms with Crippen molar-refractivity contribution in [3.05, 3.63) is 53.2 Å². The van der Waals surface area contributed by atoms with E-state index in [1.165, 1.54) is 11.1 Å². The van der Waals surface area contributed by atoms with Crippen molar-refractivity contribution in [2.24, 2.45) is 0 Å². The molecule has 0 aliphatic carbocycles. The molecule has 4 aromatic rings. The van der Waals surface area contributed by atoms with Gasteiger partial charge in [0.1, 0.15) is 0 Å². The lowest BCUT2D eigenvalue weighted by Gasteiger charge is -2.04. The molecule has 4 rings (SSSR count). The summed E-state index contributed by atoms with van der Waals surface area (Å²) in [4.78, 5) is 8.03. The third kappa shape index (κ3) is 1.56. The highest BCUT2D eigenvalue weighted by atomic mass is 14.7. The van der Waals surface area contributed by atoms with Gasteiger partial charge in [-0.1, -0.05) is 6.07 Å². The smallest absolute Gasteiger partial charge is 0.0999 e. The molecule has 3 heteroatoms. The van der Waals surface area contributed by atoms with Gasteiger partial charge in [0.05, 0.1) is 22.7 Å². The fourth-order valence-corrected chi connectivity index (χ4v) is 2.95. The van der Waals surface area contributed by atoms with Gasteiger partial charge < -0.3 is 4.98 Å². The summed E-state index contributed by atoms with van der Waals surface area (Å²) >= 11 is 0. The summed E-state index contributed by atoms with van der Waals surface area (Å²) in [5, 5.41) is 12.4. The zero-order chi connectivity index (χ0) is 14.6. The topological polar surface area (TPSA) is 52.5 Å². The lowest BCUT2D eigenvalue weighted by Crippen LogP contribution is -1.86. The van der Waals surface area contributed by atoms with Gasteiger partial charge in [0, 0.05) is 27.9 Å². The number of hydrogen-bond donors (Lipinski definition) is 1. The second-order valence-electron chi connectivity index (χ2n) is 5.47. The van der Waals surface area contributed by atoms with Crippen LogP contribution in [0.1, 0.15) is 16.7 Å². The van der Waals surface area contributed by atoms with Gasteiger partial charge in [0.15, 0.2) is 0 Å². The van der Waals surface area contributed by atoms with Gasteiger partial charge in [0.25, 0.3) is 0 Å². The fourth-order valence-electron chi connectivity index (χ4n) is 2.95. The number of pyridine rings is 1. The molecule has 100 valence electrons. The maximum absolute atomic E-state index is 9.32. The van der Waals surface area contributed by atoms with Gasteiger partial charge in [-0.05, 0) is 49.2 Å². The van der Waals surface area contributed by atoms with E-state index < -0.39 is 0 Å². The Morgan fingerprint density at radius 2 is 1.90 bits per heavy atom. The first-order valence-corrected chi connectivity index (χ1v) is 6.89. The second-order valence-corrected chi connectivity index (χ2v) is 5.47. The van der Waals surface area contributed by atoms with E-state index in [4.69, 9.17) is 0 Å². The molecule has 2 aromatic carbocycles. The number of nitrogens with zero attached hydrogens (tertiary/aromatic N) is 2. The average molecular weight is 271 g/mol. The Morgan fingerprint density at radius 3 is 2.71 bits per heavy atom. The molecule has 0 unspecified atom stereocenters. The average Bonchev–Trinajstić information content (AvgIpc) is 2.87. The zero-order valence-corrected chi connectivity index (χ0v) is 11.9. The van der Waals surface area contributed by atoms with E-state index in [9.17, 15) is 5.26 Å². The predicted molar refractivity (Wildman–Crippen MR) is 85.3 cm³/mol. The molecular weight excluding hydrogens is 258 g/mol. The molecule has 0 aliphatic rings. The van der Waals surface area contributed by atoms with E-state index in [0.717, 1.165) is 32.7 Å². The number of H-pyrrole nitrogens is 1. The van der Waals surface area contributed by atoms with Crippen molar-refractivity contribution < 1.29 is 0 Å². The van der Waals surface area contributed by atoms with E-state index in [0.29, 0.717) is 5.56 Å². The van der Waals surface area contributed by atoms with Crippen LogP contribution in [0.4, 0.5) is 0 Å². The summed E-state index contributed by atoms with van der Waals surface area (Å²) in [7, 11) is 0. The van der Waals surface area contributed by atoms with Crippen LogP contribution >= 0.6 is 0 Å².